The molecule has 8 heteroatoms. The largest absolute Gasteiger partial charge is 0.478 e. The second kappa shape index (κ2) is 11.1. The van der Waals surface area contributed by atoms with E-state index in [1.54, 1.807) is 12.1 Å². The molecule has 1 heterocycles. The van der Waals surface area contributed by atoms with E-state index in [0.29, 0.717) is 36.4 Å². The number of nitrogens with zero attached hydrogens (tertiary/aromatic N) is 1. The quantitative estimate of drug-likeness (QED) is 0.323. The molecule has 2 unspecified atom stereocenters. The predicted molar refractivity (Wildman–Crippen MR) is 189 cm³/mol. The van der Waals surface area contributed by atoms with Gasteiger partial charge in [-0.15, -0.1) is 0 Å². The van der Waals surface area contributed by atoms with E-state index in [-0.39, 0.29) is 44.2 Å². The number of nitrogens with two attached hydrogens (primary N) is 1. The van der Waals surface area contributed by atoms with Crippen LogP contribution in [0.4, 0.5) is 0 Å². The van der Waals surface area contributed by atoms with Crippen LogP contribution in [-0.4, -0.2) is 73.2 Å². The summed E-state index contributed by atoms with van der Waals surface area (Å²) in [7, 11) is -2.86. The molecular weight excluding hydrogens is 607 g/mol. The van der Waals surface area contributed by atoms with Crippen LogP contribution >= 0.6 is 0 Å². The van der Waals surface area contributed by atoms with E-state index in [0.717, 1.165) is 38.8 Å². The summed E-state index contributed by atoms with van der Waals surface area (Å²) in [6, 6.07) is 7.54. The Hall–Kier alpha value is -1.74. The Kier molecular flexibility index (Phi) is 7.99. The summed E-state index contributed by atoms with van der Waals surface area (Å²) >= 11 is 0. The minimum Gasteiger partial charge on any atom is -0.478 e. The molecule has 5 aliphatic carbocycles. The number of carboxylic acid groups (broad SMARTS) is 1. The Morgan fingerprint density at radius 1 is 0.894 bits per heavy atom. The molecule has 8 atom stereocenters. The van der Waals surface area contributed by atoms with Crippen LogP contribution in [0.3, 0.4) is 0 Å². The van der Waals surface area contributed by atoms with Crippen molar-refractivity contribution in [1.29, 1.82) is 0 Å². The second-order valence-corrected chi connectivity index (χ2v) is 20.2. The summed E-state index contributed by atoms with van der Waals surface area (Å²) in [6.45, 7) is 15.9. The minimum absolute atomic E-state index is 0.00154. The maximum absolute atomic E-state index is 12.0. The molecule has 7 rings (SSSR count). The zero-order chi connectivity index (χ0) is 33.7. The standard InChI is InChI=1S/C39H59N3O4S/c1-34(2)29(27-7-9-28(10-8-27)33(43)44)13-17-35(3)30(34)14-18-36(4)31(35)11-12-32-37(36,5)19-20-38(15-6-16-39(32,38)40)41-21-22-42-23-25-47(45,46)26-24-42/h7-10,13,30-32,41H,6,11-12,14-26,40H2,1-5H3,(H,43,44)/t30?,31-,32+,35+,36-,37-,38?,39+/m1/s1. The Labute approximate surface area is 283 Å². The van der Waals surface area contributed by atoms with Crippen LogP contribution in [0.5, 0.6) is 0 Å². The van der Waals surface area contributed by atoms with Crippen LogP contribution in [-0.2, 0) is 9.84 Å². The lowest BCUT2D eigenvalue weighted by Crippen LogP contribution is -2.77. The van der Waals surface area contributed by atoms with Crippen LogP contribution in [0, 0.1) is 39.4 Å². The number of sulfone groups is 1. The summed E-state index contributed by atoms with van der Waals surface area (Å²) in [4.78, 5) is 13.8. The lowest BCUT2D eigenvalue weighted by Gasteiger charge is -2.73. The highest BCUT2D eigenvalue weighted by Gasteiger charge is 2.72. The lowest BCUT2D eigenvalue weighted by atomic mass is 9.32. The third-order valence-electron chi connectivity index (χ3n) is 16.0. The van der Waals surface area contributed by atoms with Crippen molar-refractivity contribution < 1.29 is 18.3 Å². The van der Waals surface area contributed by atoms with E-state index in [4.69, 9.17) is 5.73 Å². The summed E-state index contributed by atoms with van der Waals surface area (Å²) < 4.78 is 23.9. The van der Waals surface area contributed by atoms with Gasteiger partial charge < -0.3 is 21.1 Å². The number of hydrogen-bond acceptors (Lipinski definition) is 6. The fourth-order valence-electron chi connectivity index (χ4n) is 13.4. The normalized spacial score (nSPS) is 44.0. The van der Waals surface area contributed by atoms with Gasteiger partial charge in [-0.1, -0.05) is 52.8 Å². The third kappa shape index (κ3) is 4.88. The van der Waals surface area contributed by atoms with Crippen LogP contribution in [0.2, 0.25) is 0 Å². The zero-order valence-corrected chi connectivity index (χ0v) is 30.4. The number of carboxylic acids is 1. The average molecular weight is 666 g/mol. The average Bonchev–Trinajstić information content (AvgIpc) is 3.35. The molecule has 7 nitrogen and oxygen atoms in total. The highest BCUT2D eigenvalue weighted by Crippen LogP contribution is 2.76. The van der Waals surface area contributed by atoms with Gasteiger partial charge in [0.1, 0.15) is 0 Å². The number of aromatic carboxylic acids is 1. The van der Waals surface area contributed by atoms with Gasteiger partial charge in [-0.05, 0) is 127 Å². The van der Waals surface area contributed by atoms with E-state index in [2.05, 4.69) is 50.9 Å². The Morgan fingerprint density at radius 3 is 2.23 bits per heavy atom. The minimum atomic E-state index is -2.86. The SMILES string of the molecule is CC1(C)C(c2ccc(C(=O)O)cc2)=CC[C@@]2(C)C1CC[C@]1(C)[C@@H]2CC[C@@H]2[C@@]3(N)CCCC3(NCCN3CCS(=O)(=O)CC3)CC[C@]21C. The van der Waals surface area contributed by atoms with Crippen molar-refractivity contribution >= 4 is 21.4 Å². The number of allylic oxidation sites excluding steroid dienone is 2. The smallest absolute Gasteiger partial charge is 0.335 e. The van der Waals surface area contributed by atoms with Gasteiger partial charge >= 0.3 is 5.97 Å². The van der Waals surface area contributed by atoms with Crippen LogP contribution < -0.4 is 11.1 Å². The van der Waals surface area contributed by atoms with Gasteiger partial charge in [0.2, 0.25) is 0 Å². The first-order chi connectivity index (χ1) is 22.0. The van der Waals surface area contributed by atoms with E-state index in [1.807, 2.05) is 12.1 Å². The zero-order valence-electron chi connectivity index (χ0n) is 29.5. The number of carbonyl (C=O) groups is 1. The molecule has 0 amide bonds. The third-order valence-corrected chi connectivity index (χ3v) is 17.6. The Balaban J connectivity index is 1.12. The fraction of sp³-hybridized carbons (Fsp3) is 0.769. The monoisotopic (exact) mass is 665 g/mol. The molecule has 47 heavy (non-hydrogen) atoms. The van der Waals surface area contributed by atoms with Crippen molar-refractivity contribution in [3.8, 4) is 0 Å². The molecule has 260 valence electrons. The van der Waals surface area contributed by atoms with Gasteiger partial charge in [-0.25, -0.2) is 13.2 Å². The number of rotatable bonds is 6. The first-order valence-electron chi connectivity index (χ1n) is 18.5. The van der Waals surface area contributed by atoms with Gasteiger partial charge in [-0.3, -0.25) is 0 Å². The molecule has 1 aromatic carbocycles. The van der Waals surface area contributed by atoms with Crippen molar-refractivity contribution in [2.45, 2.75) is 110 Å². The maximum Gasteiger partial charge on any atom is 0.335 e. The molecule has 1 aliphatic heterocycles. The van der Waals surface area contributed by atoms with E-state index < -0.39 is 15.8 Å². The fourth-order valence-corrected chi connectivity index (χ4v) is 14.6. The second-order valence-electron chi connectivity index (χ2n) is 17.9. The topological polar surface area (TPSA) is 113 Å². The highest BCUT2D eigenvalue weighted by molar-refractivity contribution is 7.91. The van der Waals surface area contributed by atoms with E-state index in [1.165, 1.54) is 49.7 Å². The molecule has 4 N–H and O–H groups in total. The number of benzene rings is 1. The molecule has 1 saturated heterocycles. The van der Waals surface area contributed by atoms with Crippen LogP contribution in [0.1, 0.15) is 115 Å². The van der Waals surface area contributed by atoms with Gasteiger partial charge in [0.05, 0.1) is 17.1 Å². The summed E-state index contributed by atoms with van der Waals surface area (Å²) in [5.41, 5.74) is 11.1. The van der Waals surface area contributed by atoms with Crippen molar-refractivity contribution in [1.82, 2.24) is 10.2 Å². The highest BCUT2D eigenvalue weighted by atomic mass is 32.2. The Morgan fingerprint density at radius 2 is 1.55 bits per heavy atom. The summed E-state index contributed by atoms with van der Waals surface area (Å²) in [5, 5.41) is 13.5. The molecule has 0 radical (unpaired) electrons. The van der Waals surface area contributed by atoms with Gasteiger partial charge in [0.25, 0.3) is 0 Å². The molecule has 5 fully saturated rings. The first kappa shape index (κ1) is 33.7. The van der Waals surface area contributed by atoms with Gasteiger partial charge in [-0.2, -0.15) is 0 Å². The van der Waals surface area contributed by atoms with Crippen molar-refractivity contribution in [3.63, 3.8) is 0 Å². The van der Waals surface area contributed by atoms with E-state index >= 15 is 0 Å². The number of hydrogen-bond donors (Lipinski definition) is 3. The predicted octanol–water partition coefficient (Wildman–Crippen LogP) is 6.39. The first-order valence-corrected chi connectivity index (χ1v) is 20.3. The van der Waals surface area contributed by atoms with Gasteiger partial charge in [0, 0.05) is 37.3 Å². The molecule has 0 spiro atoms. The van der Waals surface area contributed by atoms with Crippen LogP contribution in [0.25, 0.3) is 5.57 Å². The summed E-state index contributed by atoms with van der Waals surface area (Å²) in [5.74, 6) is 1.40. The van der Waals surface area contributed by atoms with Crippen molar-refractivity contribution in [2.24, 2.45) is 45.1 Å². The molecule has 0 aromatic heterocycles. The molecule has 0 bridgehead atoms. The van der Waals surface area contributed by atoms with Crippen LogP contribution in [0.15, 0.2) is 30.3 Å². The summed E-state index contributed by atoms with van der Waals surface area (Å²) in [6.07, 6.45) is 14.3. The maximum atomic E-state index is 12.0. The number of fused-ring (bicyclic) bond motifs is 7. The molecule has 1 aromatic rings. The molecule has 6 aliphatic rings. The number of nitrogens with one attached hydrogen (secondary N) is 1. The lowest BCUT2D eigenvalue weighted by molar-refractivity contribution is -0.221. The van der Waals surface area contributed by atoms with Gasteiger partial charge in [0.15, 0.2) is 9.84 Å². The molecular formula is C39H59N3O4S. The van der Waals surface area contributed by atoms with Crippen molar-refractivity contribution in [2.75, 3.05) is 37.7 Å². The van der Waals surface area contributed by atoms with Crippen molar-refractivity contribution in [3.05, 3.63) is 41.5 Å². The van der Waals surface area contributed by atoms with E-state index in [9.17, 15) is 18.3 Å². The molecule has 4 saturated carbocycles. The Bertz CT molecular complexity index is 1540.